The summed E-state index contributed by atoms with van der Waals surface area (Å²) in [4.78, 5) is 63.6. The number of carbonyl (C=O) groups excluding carboxylic acids is 3. The zero-order valence-electron chi connectivity index (χ0n) is 27.0. The molecule has 0 unspecified atom stereocenters. The summed E-state index contributed by atoms with van der Waals surface area (Å²) in [6, 6.07) is 5.55. The summed E-state index contributed by atoms with van der Waals surface area (Å²) >= 11 is 0. The minimum atomic E-state index is -4.40. The summed E-state index contributed by atoms with van der Waals surface area (Å²) in [6.45, 7) is 10.3. The van der Waals surface area contributed by atoms with Gasteiger partial charge in [-0.15, -0.1) is 0 Å². The van der Waals surface area contributed by atoms with Gasteiger partial charge < -0.3 is 28.8 Å². The minimum absolute atomic E-state index is 0.123. The molecule has 1 fully saturated rings. The summed E-state index contributed by atoms with van der Waals surface area (Å²) < 4.78 is 62.0. The highest BCUT2D eigenvalue weighted by molar-refractivity contribution is 7.52. The van der Waals surface area contributed by atoms with E-state index in [0.717, 1.165) is 4.57 Å². The van der Waals surface area contributed by atoms with Crippen molar-refractivity contribution in [1.29, 1.82) is 0 Å². The molecule has 1 aromatic heterocycles. The van der Waals surface area contributed by atoms with E-state index in [-0.39, 0.29) is 12.2 Å². The summed E-state index contributed by atoms with van der Waals surface area (Å²) in [5, 5.41) is 4.87. The van der Waals surface area contributed by atoms with E-state index in [0.29, 0.717) is 6.20 Å². The Morgan fingerprint density at radius 3 is 2.36 bits per heavy atom. The van der Waals surface area contributed by atoms with Crippen molar-refractivity contribution in [2.45, 2.75) is 97.1 Å². The molecule has 18 heteroatoms. The smallest absolute Gasteiger partial charge is 0.459 e. The normalized spacial score (nSPS) is 20.5. The molecule has 47 heavy (non-hydrogen) atoms. The molecule has 0 bridgehead atoms. The van der Waals surface area contributed by atoms with Crippen molar-refractivity contribution < 1.29 is 51.3 Å². The van der Waals surface area contributed by atoms with Gasteiger partial charge in [-0.1, -0.05) is 18.2 Å². The maximum atomic E-state index is 14.1. The number of hydrogen-bond donors (Lipinski definition) is 3. The standard InChI is InChI=1S/C29H40FN4O12P/c1-16(2)42-26(37)18(4)33-47(40,46-19-11-9-8-10-12-19)41-15-22-21(44-25(36)17(3)31-28(39)45-29(5,6)7)13-23(43-22)34-14-20(30)24(35)32-27(34)38/h8-12,14,16-18,21-23H,13,15H2,1-7H3,(H,31,39)(H,33,40)(H,32,35,38)/t17-,18-,21-,22+,23+,47-/m0/s1. The van der Waals surface area contributed by atoms with Crippen LogP contribution in [0.5, 0.6) is 5.75 Å². The van der Waals surface area contributed by atoms with E-state index in [9.17, 15) is 32.9 Å². The molecule has 0 saturated carbocycles. The van der Waals surface area contributed by atoms with E-state index in [4.69, 9.17) is 28.0 Å². The Hall–Kier alpha value is -4.05. The lowest BCUT2D eigenvalue weighted by Gasteiger charge is -2.26. The van der Waals surface area contributed by atoms with Crippen LogP contribution < -0.4 is 26.2 Å². The average Bonchev–Trinajstić information content (AvgIpc) is 3.35. The molecular formula is C29H40FN4O12P. The minimum Gasteiger partial charge on any atom is -0.462 e. The van der Waals surface area contributed by atoms with E-state index in [1.54, 1.807) is 52.8 Å². The van der Waals surface area contributed by atoms with Crippen LogP contribution in [0.25, 0.3) is 0 Å². The second kappa shape index (κ2) is 15.7. The van der Waals surface area contributed by atoms with Crippen LogP contribution in [0.3, 0.4) is 0 Å². The van der Waals surface area contributed by atoms with Crippen molar-refractivity contribution in [3.05, 3.63) is 63.2 Å². The number of carbonyl (C=O) groups is 3. The lowest BCUT2D eigenvalue weighted by Crippen LogP contribution is -2.44. The molecule has 3 N–H and O–H groups in total. The predicted molar refractivity (Wildman–Crippen MR) is 163 cm³/mol. The largest absolute Gasteiger partial charge is 0.462 e. The molecule has 6 atom stereocenters. The molecule has 1 aliphatic heterocycles. The van der Waals surface area contributed by atoms with Crippen molar-refractivity contribution in [2.75, 3.05) is 6.61 Å². The van der Waals surface area contributed by atoms with Crippen LogP contribution >= 0.6 is 7.75 Å². The Kier molecular flexibility index (Phi) is 12.5. The SMILES string of the molecule is CC(C)OC(=O)[C@H](C)N[P@](=O)(OC[C@H]1O[C@@H](n2cc(F)c(=O)[nH]c2=O)C[C@@H]1OC(=O)[C@H](C)NC(=O)OC(C)(C)C)Oc1ccccc1. The van der Waals surface area contributed by atoms with Gasteiger partial charge in [0, 0.05) is 6.42 Å². The molecule has 1 amide bonds. The summed E-state index contributed by atoms with van der Waals surface area (Å²) in [7, 11) is -4.40. The van der Waals surface area contributed by atoms with Crippen molar-refractivity contribution in [3.63, 3.8) is 0 Å². The Morgan fingerprint density at radius 1 is 1.09 bits per heavy atom. The number of nitrogens with zero attached hydrogens (tertiary/aromatic N) is 1. The number of hydrogen-bond acceptors (Lipinski definition) is 12. The zero-order valence-corrected chi connectivity index (χ0v) is 27.9. The van der Waals surface area contributed by atoms with E-state index in [2.05, 4.69) is 10.4 Å². The van der Waals surface area contributed by atoms with Gasteiger partial charge in [0.1, 0.15) is 41.9 Å². The number of halogens is 1. The Morgan fingerprint density at radius 2 is 1.74 bits per heavy atom. The second-order valence-electron chi connectivity index (χ2n) is 11.9. The van der Waals surface area contributed by atoms with E-state index in [1.165, 1.54) is 26.0 Å². The molecule has 16 nitrogen and oxygen atoms in total. The highest BCUT2D eigenvalue weighted by Gasteiger charge is 2.43. The van der Waals surface area contributed by atoms with Crippen molar-refractivity contribution in [2.24, 2.45) is 0 Å². The monoisotopic (exact) mass is 686 g/mol. The van der Waals surface area contributed by atoms with Crippen LogP contribution in [-0.2, 0) is 37.6 Å². The lowest BCUT2D eigenvalue weighted by molar-refractivity contribution is -0.155. The predicted octanol–water partition coefficient (Wildman–Crippen LogP) is 2.92. The topological polar surface area (TPSA) is 203 Å². The Labute approximate surface area is 269 Å². The fraction of sp³-hybridized carbons (Fsp3) is 0.552. The molecule has 0 spiro atoms. The zero-order chi connectivity index (χ0) is 35.1. The molecule has 260 valence electrons. The third kappa shape index (κ3) is 11.3. The maximum absolute atomic E-state index is 14.1. The number of H-pyrrole nitrogens is 1. The van der Waals surface area contributed by atoms with Crippen molar-refractivity contribution in [1.82, 2.24) is 20.0 Å². The number of ether oxygens (including phenoxy) is 4. The molecule has 0 radical (unpaired) electrons. The van der Waals surface area contributed by atoms with Gasteiger partial charge in [0.15, 0.2) is 0 Å². The van der Waals surface area contributed by atoms with Crippen LogP contribution in [0, 0.1) is 5.82 Å². The molecule has 0 aliphatic carbocycles. The lowest BCUT2D eigenvalue weighted by atomic mass is 10.2. The number of esters is 2. The third-order valence-corrected chi connectivity index (χ3v) is 7.85. The first kappa shape index (κ1) is 37.4. The number of aromatic nitrogens is 2. The second-order valence-corrected chi connectivity index (χ2v) is 13.6. The number of aromatic amines is 1. The number of nitrogens with one attached hydrogen (secondary N) is 3. The molecule has 1 aliphatic rings. The van der Waals surface area contributed by atoms with E-state index < -0.39 is 91.7 Å². The molecule has 1 saturated heterocycles. The molecule has 2 heterocycles. The van der Waals surface area contributed by atoms with E-state index >= 15 is 0 Å². The van der Waals surface area contributed by atoms with E-state index in [1.807, 2.05) is 4.98 Å². The first-order chi connectivity index (χ1) is 21.9. The number of benzene rings is 1. The summed E-state index contributed by atoms with van der Waals surface area (Å²) in [5.74, 6) is -2.82. The van der Waals surface area contributed by atoms with Gasteiger partial charge >= 0.3 is 31.5 Å². The highest BCUT2D eigenvalue weighted by Crippen LogP contribution is 2.46. The first-order valence-electron chi connectivity index (χ1n) is 14.7. The molecular weight excluding hydrogens is 646 g/mol. The van der Waals surface area contributed by atoms with Crippen LogP contribution in [0.1, 0.15) is 61.1 Å². The van der Waals surface area contributed by atoms with Gasteiger partial charge in [0.25, 0.3) is 5.56 Å². The first-order valence-corrected chi connectivity index (χ1v) is 16.2. The molecule has 2 aromatic rings. The fourth-order valence-corrected chi connectivity index (χ4v) is 5.62. The summed E-state index contributed by atoms with van der Waals surface area (Å²) in [6.07, 6.45) is -4.72. The fourth-order valence-electron chi connectivity index (χ4n) is 4.12. The van der Waals surface area contributed by atoms with Crippen molar-refractivity contribution >= 4 is 25.8 Å². The van der Waals surface area contributed by atoms with Crippen LogP contribution in [0.2, 0.25) is 0 Å². The Bertz CT molecular complexity index is 1580. The quantitative estimate of drug-likeness (QED) is 0.158. The summed E-state index contributed by atoms with van der Waals surface area (Å²) in [5.41, 5.74) is -3.09. The number of para-hydroxylation sites is 1. The van der Waals surface area contributed by atoms with Crippen LogP contribution in [0.4, 0.5) is 9.18 Å². The van der Waals surface area contributed by atoms with Gasteiger partial charge in [-0.2, -0.15) is 9.48 Å². The number of rotatable bonds is 13. The van der Waals surface area contributed by atoms with Gasteiger partial charge in [-0.3, -0.25) is 23.7 Å². The Balaban J connectivity index is 1.86. The molecule has 1 aromatic carbocycles. The van der Waals surface area contributed by atoms with Gasteiger partial charge in [-0.05, 0) is 60.6 Å². The van der Waals surface area contributed by atoms with Gasteiger partial charge in [-0.25, -0.2) is 18.9 Å². The van der Waals surface area contributed by atoms with Crippen LogP contribution in [0.15, 0.2) is 46.1 Å². The van der Waals surface area contributed by atoms with Gasteiger partial charge in [0.05, 0.1) is 18.9 Å². The number of alkyl carbamates (subject to hydrolysis) is 1. The van der Waals surface area contributed by atoms with Crippen LogP contribution in [-0.4, -0.2) is 70.2 Å². The highest BCUT2D eigenvalue weighted by atomic mass is 31.2. The number of amides is 1. The van der Waals surface area contributed by atoms with Gasteiger partial charge in [0.2, 0.25) is 5.82 Å². The maximum Gasteiger partial charge on any atom is 0.459 e. The molecule has 3 rings (SSSR count). The van der Waals surface area contributed by atoms with Crippen molar-refractivity contribution in [3.8, 4) is 5.75 Å². The average molecular weight is 687 g/mol. The third-order valence-electron chi connectivity index (χ3n) is 6.20.